The van der Waals surface area contributed by atoms with Crippen molar-refractivity contribution in [1.29, 1.82) is 0 Å². The van der Waals surface area contributed by atoms with Crippen LogP contribution in [0.3, 0.4) is 0 Å². The summed E-state index contributed by atoms with van der Waals surface area (Å²) < 4.78 is 52.7. The molecule has 0 bridgehead atoms. The predicted molar refractivity (Wildman–Crippen MR) is 131 cm³/mol. The van der Waals surface area contributed by atoms with Crippen LogP contribution in [-0.4, -0.2) is 56.8 Å². The molecular weight excluding hydrogens is 494 g/mol. The van der Waals surface area contributed by atoms with Crippen LogP contribution in [0.15, 0.2) is 65.4 Å². The molecule has 35 heavy (non-hydrogen) atoms. The molecule has 3 rings (SSSR count). The zero-order valence-electron chi connectivity index (χ0n) is 19.0. The SMILES string of the molecule is C=CS(=O)(=O)Nc1ccc(C[C@H](NC(=O)[C@@H]2CCCN2S(=O)(=O)c2ccc(C)cc2)C(=O)O)cc1. The van der Waals surface area contributed by atoms with E-state index in [2.05, 4.69) is 16.6 Å². The Morgan fingerprint density at radius 3 is 2.31 bits per heavy atom. The number of hydrogen-bond acceptors (Lipinski definition) is 6. The maximum Gasteiger partial charge on any atom is 0.326 e. The Morgan fingerprint density at radius 1 is 1.11 bits per heavy atom. The predicted octanol–water partition coefficient (Wildman–Crippen LogP) is 1.85. The molecule has 12 heteroatoms. The number of benzene rings is 2. The number of aryl methyl sites for hydroxylation is 1. The lowest BCUT2D eigenvalue weighted by Crippen LogP contribution is -2.51. The van der Waals surface area contributed by atoms with Gasteiger partial charge in [0, 0.05) is 24.1 Å². The molecule has 188 valence electrons. The van der Waals surface area contributed by atoms with E-state index in [1.165, 1.54) is 36.4 Å². The van der Waals surface area contributed by atoms with Gasteiger partial charge in [-0.3, -0.25) is 9.52 Å². The van der Waals surface area contributed by atoms with Gasteiger partial charge in [0.15, 0.2) is 0 Å². The summed E-state index contributed by atoms with van der Waals surface area (Å²) in [6.07, 6.45) is 0.678. The van der Waals surface area contributed by atoms with Gasteiger partial charge >= 0.3 is 5.97 Å². The molecule has 1 amide bonds. The van der Waals surface area contributed by atoms with E-state index in [0.717, 1.165) is 15.3 Å². The van der Waals surface area contributed by atoms with Crippen LogP contribution in [0.4, 0.5) is 5.69 Å². The van der Waals surface area contributed by atoms with E-state index in [-0.39, 0.29) is 30.0 Å². The molecule has 2 atom stereocenters. The Kier molecular flexibility index (Phi) is 7.98. The first-order chi connectivity index (χ1) is 16.4. The van der Waals surface area contributed by atoms with Crippen LogP contribution >= 0.6 is 0 Å². The number of carbonyl (C=O) groups is 2. The highest BCUT2D eigenvalue weighted by Gasteiger charge is 2.40. The van der Waals surface area contributed by atoms with E-state index in [0.29, 0.717) is 12.0 Å². The number of anilines is 1. The molecule has 1 aliphatic rings. The number of amides is 1. The van der Waals surface area contributed by atoms with Crippen LogP contribution in [-0.2, 0) is 36.1 Å². The quantitative estimate of drug-likeness (QED) is 0.432. The number of carboxylic acids is 1. The van der Waals surface area contributed by atoms with E-state index >= 15 is 0 Å². The molecule has 0 unspecified atom stereocenters. The minimum atomic E-state index is -3.92. The van der Waals surface area contributed by atoms with Crippen LogP contribution in [0, 0.1) is 6.92 Å². The number of aliphatic carboxylic acids is 1. The maximum atomic E-state index is 13.1. The van der Waals surface area contributed by atoms with Crippen molar-refractivity contribution in [3.05, 3.63) is 71.6 Å². The Hall–Kier alpha value is -3.22. The molecule has 0 spiro atoms. The third-order valence-corrected chi connectivity index (χ3v) is 8.50. The first-order valence-corrected chi connectivity index (χ1v) is 13.8. The second-order valence-corrected chi connectivity index (χ2v) is 11.7. The van der Waals surface area contributed by atoms with E-state index in [1.54, 1.807) is 12.1 Å². The van der Waals surface area contributed by atoms with E-state index in [4.69, 9.17) is 0 Å². The summed E-state index contributed by atoms with van der Waals surface area (Å²) in [5.74, 6) is -1.96. The number of nitrogens with one attached hydrogen (secondary N) is 2. The average Bonchev–Trinajstić information content (AvgIpc) is 3.31. The Bertz CT molecular complexity index is 1310. The van der Waals surface area contributed by atoms with Gasteiger partial charge in [-0.25, -0.2) is 21.6 Å². The van der Waals surface area contributed by atoms with E-state index in [9.17, 15) is 31.5 Å². The third-order valence-electron chi connectivity index (χ3n) is 5.62. The first-order valence-electron chi connectivity index (χ1n) is 10.8. The molecule has 0 radical (unpaired) electrons. The number of rotatable bonds is 10. The second kappa shape index (κ2) is 10.6. The molecule has 0 aliphatic carbocycles. The van der Waals surface area contributed by atoms with Crippen LogP contribution in [0.1, 0.15) is 24.0 Å². The van der Waals surface area contributed by atoms with Crippen molar-refractivity contribution < 1.29 is 31.5 Å². The van der Waals surface area contributed by atoms with Crippen LogP contribution in [0.25, 0.3) is 0 Å². The fourth-order valence-electron chi connectivity index (χ4n) is 3.75. The second-order valence-electron chi connectivity index (χ2n) is 8.20. The van der Waals surface area contributed by atoms with Gasteiger partial charge in [-0.15, -0.1) is 0 Å². The smallest absolute Gasteiger partial charge is 0.326 e. The normalized spacial score (nSPS) is 17.5. The van der Waals surface area contributed by atoms with Crippen molar-refractivity contribution >= 4 is 37.6 Å². The Morgan fingerprint density at radius 2 is 1.74 bits per heavy atom. The number of sulfonamides is 2. The van der Waals surface area contributed by atoms with Crippen molar-refractivity contribution in [3.8, 4) is 0 Å². The van der Waals surface area contributed by atoms with Crippen molar-refractivity contribution in [2.75, 3.05) is 11.3 Å². The molecule has 0 aromatic heterocycles. The Labute approximate surface area is 204 Å². The number of carbonyl (C=O) groups excluding carboxylic acids is 1. The highest BCUT2D eigenvalue weighted by molar-refractivity contribution is 7.95. The van der Waals surface area contributed by atoms with Crippen LogP contribution in [0.2, 0.25) is 0 Å². The molecule has 1 saturated heterocycles. The summed E-state index contributed by atoms with van der Waals surface area (Å²) in [4.78, 5) is 24.9. The number of hydrogen-bond donors (Lipinski definition) is 3. The monoisotopic (exact) mass is 521 g/mol. The Balaban J connectivity index is 1.72. The number of carboxylic acid groups (broad SMARTS) is 1. The summed E-state index contributed by atoms with van der Waals surface area (Å²) in [6.45, 7) is 5.20. The molecule has 2 aromatic carbocycles. The molecule has 1 aliphatic heterocycles. The van der Waals surface area contributed by atoms with Gasteiger partial charge in [0.05, 0.1) is 4.90 Å². The van der Waals surface area contributed by atoms with Gasteiger partial charge in [0.1, 0.15) is 12.1 Å². The van der Waals surface area contributed by atoms with Gasteiger partial charge in [-0.2, -0.15) is 4.31 Å². The standard InChI is InChI=1S/C23H27N3O7S2/c1-3-34(30,31)25-18-10-8-17(9-11-18)15-20(23(28)29)24-22(27)21-5-4-14-26(21)35(32,33)19-12-6-16(2)7-13-19/h3,6-13,20-21,25H,1,4-5,14-15H2,2H3,(H,24,27)(H,28,29)/t20-,21-/m0/s1. The van der Waals surface area contributed by atoms with Crippen molar-refractivity contribution in [3.63, 3.8) is 0 Å². The average molecular weight is 522 g/mol. The first kappa shape index (κ1) is 26.4. The summed E-state index contributed by atoms with van der Waals surface area (Å²) in [7, 11) is -7.60. The highest BCUT2D eigenvalue weighted by Crippen LogP contribution is 2.26. The molecule has 3 N–H and O–H groups in total. The van der Waals surface area contributed by atoms with Gasteiger partial charge in [-0.05, 0) is 49.6 Å². The fraction of sp³-hybridized carbons (Fsp3) is 0.304. The van der Waals surface area contributed by atoms with Crippen molar-refractivity contribution in [2.24, 2.45) is 0 Å². The van der Waals surface area contributed by atoms with Crippen LogP contribution < -0.4 is 10.0 Å². The summed E-state index contributed by atoms with van der Waals surface area (Å²) >= 11 is 0. The fourth-order valence-corrected chi connectivity index (χ4v) is 5.96. The molecule has 10 nitrogen and oxygen atoms in total. The maximum absolute atomic E-state index is 13.1. The molecule has 2 aromatic rings. The van der Waals surface area contributed by atoms with Gasteiger partial charge < -0.3 is 10.4 Å². The molecule has 1 heterocycles. The van der Waals surface area contributed by atoms with Crippen molar-refractivity contribution in [2.45, 2.75) is 43.2 Å². The topological polar surface area (TPSA) is 150 Å². The lowest BCUT2D eigenvalue weighted by atomic mass is 10.0. The van der Waals surface area contributed by atoms with Crippen molar-refractivity contribution in [1.82, 2.24) is 9.62 Å². The largest absolute Gasteiger partial charge is 0.480 e. The number of nitrogens with zero attached hydrogens (tertiary/aromatic N) is 1. The van der Waals surface area contributed by atoms with Crippen LogP contribution in [0.5, 0.6) is 0 Å². The molecular formula is C23H27N3O7S2. The summed E-state index contributed by atoms with van der Waals surface area (Å²) in [5, 5.41) is 12.9. The van der Waals surface area contributed by atoms with Gasteiger partial charge in [0.25, 0.3) is 10.0 Å². The van der Waals surface area contributed by atoms with Gasteiger partial charge in [0.2, 0.25) is 15.9 Å². The zero-order chi connectivity index (χ0) is 25.8. The van der Waals surface area contributed by atoms with E-state index < -0.39 is 44.0 Å². The molecule has 0 saturated carbocycles. The lowest BCUT2D eigenvalue weighted by Gasteiger charge is -2.25. The summed E-state index contributed by atoms with van der Waals surface area (Å²) in [5.41, 5.74) is 1.71. The minimum absolute atomic E-state index is 0.0738. The summed E-state index contributed by atoms with van der Waals surface area (Å²) in [6, 6.07) is 9.99. The minimum Gasteiger partial charge on any atom is -0.480 e. The molecule has 1 fully saturated rings. The highest BCUT2D eigenvalue weighted by atomic mass is 32.2. The van der Waals surface area contributed by atoms with E-state index in [1.807, 2.05) is 6.92 Å². The third kappa shape index (κ3) is 6.47. The zero-order valence-corrected chi connectivity index (χ0v) is 20.7. The lowest BCUT2D eigenvalue weighted by molar-refractivity contribution is -0.142. The van der Waals surface area contributed by atoms with Gasteiger partial charge in [-0.1, -0.05) is 36.4 Å².